The van der Waals surface area contributed by atoms with Gasteiger partial charge in [-0.15, -0.1) is 0 Å². The quantitative estimate of drug-likeness (QED) is 0.859. The zero-order chi connectivity index (χ0) is 15.5. The number of hydrogen-bond acceptors (Lipinski definition) is 4. The largest absolute Gasteiger partial charge is 0.491 e. The van der Waals surface area contributed by atoms with Gasteiger partial charge in [-0.25, -0.2) is 4.98 Å². The monoisotopic (exact) mass is 309 g/mol. The number of sulfonamides is 1. The molecule has 2 N–H and O–H groups in total. The summed E-state index contributed by atoms with van der Waals surface area (Å²) in [6, 6.07) is 6.87. The van der Waals surface area contributed by atoms with Crippen molar-refractivity contribution in [1.82, 2.24) is 9.97 Å². The summed E-state index contributed by atoms with van der Waals surface area (Å²) < 4.78 is 32.5. The van der Waals surface area contributed by atoms with E-state index in [9.17, 15) is 8.42 Å². The van der Waals surface area contributed by atoms with Gasteiger partial charge in [-0.1, -0.05) is 13.0 Å². The zero-order valence-corrected chi connectivity index (χ0v) is 13.1. The molecule has 0 bridgehead atoms. The average Bonchev–Trinajstić information content (AvgIpc) is 2.86. The molecule has 2 rings (SSSR count). The third kappa shape index (κ3) is 3.98. The highest BCUT2D eigenvalue weighted by Gasteiger charge is 2.16. The standard InChI is InChI=1S/C14H19N3O3S/c1-4-10(2)20-13-7-5-6-12(8-13)17-21(18,19)14-9-15-11(3)16-14/h5-10,17H,4H2,1-3H3,(H,15,16). The molecule has 0 aliphatic rings. The maximum absolute atomic E-state index is 12.2. The van der Waals surface area contributed by atoms with E-state index in [2.05, 4.69) is 14.7 Å². The Bertz CT molecular complexity index is 710. The first-order chi connectivity index (χ1) is 9.90. The van der Waals surface area contributed by atoms with Gasteiger partial charge in [0.1, 0.15) is 11.6 Å². The van der Waals surface area contributed by atoms with Crippen LogP contribution in [0.2, 0.25) is 0 Å². The van der Waals surface area contributed by atoms with Gasteiger partial charge in [0.05, 0.1) is 18.0 Å². The summed E-state index contributed by atoms with van der Waals surface area (Å²) in [6.07, 6.45) is 2.24. The number of benzene rings is 1. The van der Waals surface area contributed by atoms with Crippen molar-refractivity contribution in [3.05, 3.63) is 36.3 Å². The van der Waals surface area contributed by atoms with Crippen LogP contribution in [0.5, 0.6) is 5.75 Å². The van der Waals surface area contributed by atoms with Crippen LogP contribution in [0, 0.1) is 6.92 Å². The molecule has 0 spiro atoms. The molecule has 1 aromatic heterocycles. The average molecular weight is 309 g/mol. The van der Waals surface area contributed by atoms with E-state index >= 15 is 0 Å². The molecule has 7 heteroatoms. The number of nitrogens with zero attached hydrogens (tertiary/aromatic N) is 1. The van der Waals surface area contributed by atoms with Crippen LogP contribution in [0.3, 0.4) is 0 Å². The molecule has 1 atom stereocenters. The Morgan fingerprint density at radius 3 is 2.81 bits per heavy atom. The molecule has 1 aromatic carbocycles. The van der Waals surface area contributed by atoms with E-state index in [1.54, 1.807) is 31.2 Å². The second-order valence-electron chi connectivity index (χ2n) is 4.80. The van der Waals surface area contributed by atoms with Crippen molar-refractivity contribution in [1.29, 1.82) is 0 Å². The molecule has 0 radical (unpaired) electrons. The second kappa shape index (κ2) is 6.17. The summed E-state index contributed by atoms with van der Waals surface area (Å²) in [5.74, 6) is 1.18. The van der Waals surface area contributed by atoms with Gasteiger partial charge in [0.15, 0.2) is 5.03 Å². The van der Waals surface area contributed by atoms with Crippen molar-refractivity contribution in [2.45, 2.75) is 38.3 Å². The topological polar surface area (TPSA) is 84.1 Å². The molecule has 6 nitrogen and oxygen atoms in total. The first-order valence-corrected chi connectivity index (χ1v) is 8.20. The van der Waals surface area contributed by atoms with Crippen LogP contribution >= 0.6 is 0 Å². The molecular formula is C14H19N3O3S. The molecule has 0 aliphatic carbocycles. The first-order valence-electron chi connectivity index (χ1n) is 6.72. The number of rotatable bonds is 6. The highest BCUT2D eigenvalue weighted by Crippen LogP contribution is 2.21. The summed E-state index contributed by atoms with van der Waals surface area (Å²) in [7, 11) is -3.67. The Labute approximate surface area is 124 Å². The first kappa shape index (κ1) is 15.4. The third-order valence-electron chi connectivity index (χ3n) is 2.97. The van der Waals surface area contributed by atoms with Crippen LogP contribution in [0.4, 0.5) is 5.69 Å². The second-order valence-corrected chi connectivity index (χ2v) is 6.45. The molecule has 21 heavy (non-hydrogen) atoms. The normalized spacial score (nSPS) is 12.9. The molecule has 2 aromatic rings. The molecule has 0 fully saturated rings. The fourth-order valence-electron chi connectivity index (χ4n) is 1.69. The van der Waals surface area contributed by atoms with Crippen molar-refractivity contribution in [2.24, 2.45) is 0 Å². The van der Waals surface area contributed by atoms with Crippen molar-refractivity contribution in [3.8, 4) is 5.75 Å². The minimum atomic E-state index is -3.67. The van der Waals surface area contributed by atoms with Gasteiger partial charge in [-0.2, -0.15) is 8.42 Å². The van der Waals surface area contributed by atoms with Gasteiger partial charge < -0.3 is 9.72 Å². The number of imidazole rings is 1. The minimum Gasteiger partial charge on any atom is -0.491 e. The predicted molar refractivity (Wildman–Crippen MR) is 81.0 cm³/mol. The Kier molecular flexibility index (Phi) is 4.52. The Hall–Kier alpha value is -2.02. The Balaban J connectivity index is 2.18. The van der Waals surface area contributed by atoms with E-state index in [-0.39, 0.29) is 11.1 Å². The van der Waals surface area contributed by atoms with Gasteiger partial charge in [0, 0.05) is 6.07 Å². The Morgan fingerprint density at radius 2 is 2.19 bits per heavy atom. The summed E-state index contributed by atoms with van der Waals surface area (Å²) in [5, 5.41) is 0.0354. The number of aromatic amines is 1. The molecule has 0 amide bonds. The minimum absolute atomic E-state index is 0.0354. The van der Waals surface area contributed by atoms with E-state index in [0.717, 1.165) is 6.42 Å². The molecule has 0 saturated carbocycles. The number of nitrogens with one attached hydrogen (secondary N) is 2. The van der Waals surface area contributed by atoms with Crippen LogP contribution in [0.25, 0.3) is 0 Å². The van der Waals surface area contributed by atoms with Crippen molar-refractivity contribution < 1.29 is 13.2 Å². The highest BCUT2D eigenvalue weighted by molar-refractivity contribution is 7.92. The van der Waals surface area contributed by atoms with Gasteiger partial charge >= 0.3 is 0 Å². The van der Waals surface area contributed by atoms with E-state index in [1.165, 1.54) is 6.20 Å². The summed E-state index contributed by atoms with van der Waals surface area (Å²) >= 11 is 0. The fourth-order valence-corrected chi connectivity index (χ4v) is 2.71. The maximum atomic E-state index is 12.2. The molecule has 114 valence electrons. The number of anilines is 1. The highest BCUT2D eigenvalue weighted by atomic mass is 32.2. The number of H-pyrrole nitrogens is 1. The third-order valence-corrected chi connectivity index (χ3v) is 4.26. The Morgan fingerprint density at radius 1 is 1.43 bits per heavy atom. The van der Waals surface area contributed by atoms with Crippen LogP contribution in [-0.4, -0.2) is 24.5 Å². The number of aryl methyl sites for hydroxylation is 1. The van der Waals surface area contributed by atoms with Crippen LogP contribution < -0.4 is 9.46 Å². The predicted octanol–water partition coefficient (Wildman–Crippen LogP) is 2.70. The van der Waals surface area contributed by atoms with Crippen molar-refractivity contribution >= 4 is 15.7 Å². The maximum Gasteiger partial charge on any atom is 0.278 e. The zero-order valence-electron chi connectivity index (χ0n) is 12.3. The van der Waals surface area contributed by atoms with E-state index in [1.807, 2.05) is 13.8 Å². The van der Waals surface area contributed by atoms with Gasteiger partial charge in [0.25, 0.3) is 10.0 Å². The fraction of sp³-hybridized carbons (Fsp3) is 0.357. The lowest BCUT2D eigenvalue weighted by Crippen LogP contribution is -2.14. The number of aromatic nitrogens is 2. The lowest BCUT2D eigenvalue weighted by atomic mass is 10.3. The van der Waals surface area contributed by atoms with E-state index in [4.69, 9.17) is 4.74 Å². The lowest BCUT2D eigenvalue weighted by Gasteiger charge is -2.13. The van der Waals surface area contributed by atoms with Crippen LogP contribution in [0.1, 0.15) is 26.1 Å². The molecule has 0 saturated heterocycles. The number of ether oxygens (including phenoxy) is 1. The van der Waals surface area contributed by atoms with E-state index < -0.39 is 10.0 Å². The SMILES string of the molecule is CCC(C)Oc1cccc(NS(=O)(=O)c2cnc(C)[nH]2)c1. The van der Waals surface area contributed by atoms with Gasteiger partial charge in [-0.05, 0) is 32.4 Å². The number of hydrogen-bond donors (Lipinski definition) is 2. The molecule has 1 unspecified atom stereocenters. The summed E-state index contributed by atoms with van der Waals surface area (Å²) in [4.78, 5) is 6.59. The van der Waals surface area contributed by atoms with Crippen LogP contribution in [-0.2, 0) is 10.0 Å². The van der Waals surface area contributed by atoms with Crippen molar-refractivity contribution in [3.63, 3.8) is 0 Å². The molecular weight excluding hydrogens is 290 g/mol. The van der Waals surface area contributed by atoms with Crippen LogP contribution in [0.15, 0.2) is 35.5 Å². The van der Waals surface area contributed by atoms with Crippen molar-refractivity contribution in [2.75, 3.05) is 4.72 Å². The van der Waals surface area contributed by atoms with Gasteiger partial charge in [0.2, 0.25) is 0 Å². The summed E-state index contributed by atoms with van der Waals surface area (Å²) in [5.41, 5.74) is 0.447. The van der Waals surface area contributed by atoms with E-state index in [0.29, 0.717) is 17.3 Å². The summed E-state index contributed by atoms with van der Waals surface area (Å²) in [6.45, 7) is 5.68. The smallest absolute Gasteiger partial charge is 0.278 e. The molecule has 1 heterocycles. The molecule has 0 aliphatic heterocycles. The lowest BCUT2D eigenvalue weighted by molar-refractivity contribution is 0.217. The van der Waals surface area contributed by atoms with Gasteiger partial charge in [-0.3, -0.25) is 4.72 Å².